The molecule has 0 atom stereocenters. The van der Waals surface area contributed by atoms with Crippen LogP contribution in [0.5, 0.6) is 5.75 Å². The van der Waals surface area contributed by atoms with Gasteiger partial charge in [-0.3, -0.25) is 9.69 Å². The van der Waals surface area contributed by atoms with Gasteiger partial charge in [0, 0.05) is 22.9 Å². The Morgan fingerprint density at radius 2 is 1.83 bits per heavy atom. The lowest BCUT2D eigenvalue weighted by Gasteiger charge is -2.36. The van der Waals surface area contributed by atoms with E-state index in [0.717, 1.165) is 35.2 Å². The highest BCUT2D eigenvalue weighted by Crippen LogP contribution is 2.41. The van der Waals surface area contributed by atoms with Crippen LogP contribution in [0.15, 0.2) is 36.4 Å². The van der Waals surface area contributed by atoms with Crippen molar-refractivity contribution in [3.63, 3.8) is 0 Å². The van der Waals surface area contributed by atoms with Gasteiger partial charge in [0.25, 0.3) is 0 Å². The SMILES string of the molecule is COc1ccc(N(C=O)CC23CCCN2CCC3)c2ccccc12. The van der Waals surface area contributed by atoms with Crippen molar-refractivity contribution in [2.45, 2.75) is 31.2 Å². The van der Waals surface area contributed by atoms with E-state index in [9.17, 15) is 4.79 Å². The maximum Gasteiger partial charge on any atom is 0.214 e. The molecule has 2 fully saturated rings. The predicted octanol–water partition coefficient (Wildman–Crippen LogP) is 3.44. The van der Waals surface area contributed by atoms with Crippen molar-refractivity contribution in [1.29, 1.82) is 0 Å². The highest BCUT2D eigenvalue weighted by atomic mass is 16.5. The Labute approximate surface area is 143 Å². The molecule has 4 heteroatoms. The molecule has 4 rings (SSSR count). The smallest absolute Gasteiger partial charge is 0.214 e. The summed E-state index contributed by atoms with van der Waals surface area (Å²) in [5.41, 5.74) is 1.16. The lowest BCUT2D eigenvalue weighted by molar-refractivity contribution is -0.107. The third-order valence-electron chi connectivity index (χ3n) is 5.79. The molecule has 4 nitrogen and oxygen atoms in total. The van der Waals surface area contributed by atoms with Crippen LogP contribution in [-0.2, 0) is 4.79 Å². The number of anilines is 1. The minimum absolute atomic E-state index is 0.182. The van der Waals surface area contributed by atoms with Crippen molar-refractivity contribution in [2.24, 2.45) is 0 Å². The summed E-state index contributed by atoms with van der Waals surface area (Å²) in [4.78, 5) is 16.5. The third kappa shape index (κ3) is 2.37. The minimum atomic E-state index is 0.182. The van der Waals surface area contributed by atoms with Gasteiger partial charge in [0.05, 0.1) is 12.8 Å². The number of nitrogens with zero attached hydrogens (tertiary/aromatic N) is 2. The van der Waals surface area contributed by atoms with E-state index in [-0.39, 0.29) is 5.54 Å². The van der Waals surface area contributed by atoms with Crippen LogP contribution in [0.1, 0.15) is 25.7 Å². The van der Waals surface area contributed by atoms with Crippen molar-refractivity contribution in [3.05, 3.63) is 36.4 Å². The summed E-state index contributed by atoms with van der Waals surface area (Å²) in [6.07, 6.45) is 5.89. The van der Waals surface area contributed by atoms with Crippen LogP contribution < -0.4 is 9.64 Å². The fourth-order valence-corrected chi connectivity index (χ4v) is 4.66. The first-order valence-corrected chi connectivity index (χ1v) is 8.80. The fraction of sp³-hybridized carbons (Fsp3) is 0.450. The van der Waals surface area contributed by atoms with Crippen LogP contribution in [0, 0.1) is 0 Å². The third-order valence-corrected chi connectivity index (χ3v) is 5.79. The molecule has 2 aliphatic heterocycles. The molecule has 0 N–H and O–H groups in total. The number of carbonyl (C=O) groups excluding carboxylic acids is 1. The molecule has 0 radical (unpaired) electrons. The zero-order valence-corrected chi connectivity index (χ0v) is 14.2. The molecule has 2 heterocycles. The Bertz CT molecular complexity index is 748. The molecule has 24 heavy (non-hydrogen) atoms. The molecule has 0 aromatic heterocycles. The molecule has 0 aliphatic carbocycles. The molecule has 2 aromatic rings. The van der Waals surface area contributed by atoms with Crippen molar-refractivity contribution in [1.82, 2.24) is 4.90 Å². The van der Waals surface area contributed by atoms with Crippen LogP contribution >= 0.6 is 0 Å². The lowest BCUT2D eigenvalue weighted by atomic mass is 9.93. The van der Waals surface area contributed by atoms with E-state index in [1.165, 1.54) is 38.8 Å². The summed E-state index contributed by atoms with van der Waals surface area (Å²) in [5, 5.41) is 2.12. The van der Waals surface area contributed by atoms with Gasteiger partial charge < -0.3 is 9.64 Å². The second kappa shape index (κ2) is 6.10. The van der Waals surface area contributed by atoms with Crippen LogP contribution in [-0.4, -0.2) is 43.6 Å². The van der Waals surface area contributed by atoms with Gasteiger partial charge in [0.1, 0.15) is 5.75 Å². The monoisotopic (exact) mass is 324 g/mol. The van der Waals surface area contributed by atoms with Crippen molar-refractivity contribution in [3.8, 4) is 5.75 Å². The van der Waals surface area contributed by atoms with E-state index in [1.807, 2.05) is 29.2 Å². The van der Waals surface area contributed by atoms with Gasteiger partial charge >= 0.3 is 0 Å². The fourth-order valence-electron chi connectivity index (χ4n) is 4.66. The summed E-state index contributed by atoms with van der Waals surface area (Å²) >= 11 is 0. The first kappa shape index (κ1) is 15.5. The van der Waals surface area contributed by atoms with Gasteiger partial charge in [0.15, 0.2) is 0 Å². The first-order chi connectivity index (χ1) is 11.8. The molecule has 0 bridgehead atoms. The van der Waals surface area contributed by atoms with Gasteiger partial charge in [0.2, 0.25) is 6.41 Å². The molecule has 2 saturated heterocycles. The average Bonchev–Trinajstić information content (AvgIpc) is 3.18. The second-order valence-electron chi connectivity index (χ2n) is 6.98. The molecule has 2 aromatic carbocycles. The zero-order chi connectivity index (χ0) is 16.6. The van der Waals surface area contributed by atoms with Gasteiger partial charge in [-0.2, -0.15) is 0 Å². The Balaban J connectivity index is 1.74. The molecular weight excluding hydrogens is 300 g/mol. The number of methoxy groups -OCH3 is 1. The van der Waals surface area contributed by atoms with Crippen LogP contribution in [0.3, 0.4) is 0 Å². The molecular formula is C20H24N2O2. The largest absolute Gasteiger partial charge is 0.496 e. The molecule has 0 unspecified atom stereocenters. The van der Waals surface area contributed by atoms with Crippen LogP contribution in [0.2, 0.25) is 0 Å². The quantitative estimate of drug-likeness (QED) is 0.790. The van der Waals surface area contributed by atoms with Gasteiger partial charge in [-0.1, -0.05) is 24.3 Å². The second-order valence-corrected chi connectivity index (χ2v) is 6.98. The van der Waals surface area contributed by atoms with Gasteiger partial charge in [-0.05, 0) is 50.9 Å². The number of amides is 1. The van der Waals surface area contributed by atoms with E-state index in [0.29, 0.717) is 0 Å². The Hall–Kier alpha value is -2.07. The number of hydrogen-bond acceptors (Lipinski definition) is 3. The number of fused-ring (bicyclic) bond motifs is 2. The van der Waals surface area contributed by atoms with E-state index >= 15 is 0 Å². The highest BCUT2D eigenvalue weighted by molar-refractivity contribution is 6.01. The molecule has 126 valence electrons. The van der Waals surface area contributed by atoms with Crippen molar-refractivity contribution in [2.75, 3.05) is 31.6 Å². The number of rotatable bonds is 5. The molecule has 0 spiro atoms. The summed E-state index contributed by atoms with van der Waals surface area (Å²) in [6, 6.07) is 12.1. The molecule has 2 aliphatic rings. The van der Waals surface area contributed by atoms with Crippen LogP contribution in [0.4, 0.5) is 5.69 Å². The van der Waals surface area contributed by atoms with Crippen LogP contribution in [0.25, 0.3) is 10.8 Å². The molecule has 0 saturated carbocycles. The predicted molar refractivity (Wildman–Crippen MR) is 96.7 cm³/mol. The van der Waals surface area contributed by atoms with Crippen molar-refractivity contribution < 1.29 is 9.53 Å². The van der Waals surface area contributed by atoms with E-state index in [2.05, 4.69) is 17.0 Å². The lowest BCUT2D eigenvalue weighted by Crippen LogP contribution is -2.48. The van der Waals surface area contributed by atoms with E-state index < -0.39 is 0 Å². The highest BCUT2D eigenvalue weighted by Gasteiger charge is 2.45. The summed E-state index contributed by atoms with van der Waals surface area (Å²) in [5.74, 6) is 0.849. The zero-order valence-electron chi connectivity index (χ0n) is 14.2. The van der Waals surface area contributed by atoms with Gasteiger partial charge in [-0.15, -0.1) is 0 Å². The first-order valence-electron chi connectivity index (χ1n) is 8.80. The average molecular weight is 324 g/mol. The molecule has 1 amide bonds. The minimum Gasteiger partial charge on any atom is -0.496 e. The Morgan fingerprint density at radius 3 is 2.50 bits per heavy atom. The number of benzene rings is 2. The Morgan fingerprint density at radius 1 is 1.12 bits per heavy atom. The maximum atomic E-state index is 12.0. The van der Waals surface area contributed by atoms with Gasteiger partial charge in [-0.25, -0.2) is 0 Å². The number of carbonyl (C=O) groups is 1. The summed E-state index contributed by atoms with van der Waals surface area (Å²) in [7, 11) is 1.69. The number of hydrogen-bond donors (Lipinski definition) is 0. The normalized spacial score (nSPS) is 19.4. The Kier molecular flexibility index (Phi) is 3.93. The number of ether oxygens (including phenoxy) is 1. The van der Waals surface area contributed by atoms with E-state index in [1.54, 1.807) is 7.11 Å². The van der Waals surface area contributed by atoms with Crippen molar-refractivity contribution >= 4 is 22.9 Å². The standard InChI is InChI=1S/C20H24N2O2/c1-24-19-9-8-18(16-6-2-3-7-17(16)19)21(15-23)14-20-10-4-12-22(20)13-5-11-20/h2-3,6-9,15H,4-5,10-14H2,1H3. The topological polar surface area (TPSA) is 32.8 Å². The summed E-state index contributed by atoms with van der Waals surface area (Å²) < 4.78 is 5.48. The maximum absolute atomic E-state index is 12.0. The van der Waals surface area contributed by atoms with E-state index in [4.69, 9.17) is 4.74 Å². The summed E-state index contributed by atoms with van der Waals surface area (Å²) in [6.45, 7) is 3.14.